The first-order valence-corrected chi connectivity index (χ1v) is 12.2. The zero-order valence-corrected chi connectivity index (χ0v) is 19.9. The van der Waals surface area contributed by atoms with Crippen LogP contribution in [0.5, 0.6) is 0 Å². The molecule has 0 aromatic heterocycles. The predicted molar refractivity (Wildman–Crippen MR) is 126 cm³/mol. The van der Waals surface area contributed by atoms with E-state index < -0.39 is 34.9 Å². The first-order valence-electron chi connectivity index (χ1n) is 12.2. The third kappa shape index (κ3) is 4.72. The number of rotatable bonds is 9. The van der Waals surface area contributed by atoms with Gasteiger partial charge in [-0.25, -0.2) is 26.3 Å². The quantitative estimate of drug-likeness (QED) is 0.163. The van der Waals surface area contributed by atoms with Gasteiger partial charge in [-0.1, -0.05) is 57.4 Å². The lowest BCUT2D eigenvalue weighted by Gasteiger charge is -2.12. The van der Waals surface area contributed by atoms with Gasteiger partial charge in [0.2, 0.25) is 0 Å². The van der Waals surface area contributed by atoms with Crippen LogP contribution in [0.15, 0.2) is 24.3 Å². The lowest BCUT2D eigenvalue weighted by atomic mass is 9.96. The van der Waals surface area contributed by atoms with Gasteiger partial charge in [0.15, 0.2) is 34.9 Å². The highest BCUT2D eigenvalue weighted by molar-refractivity contribution is 5.79. The fourth-order valence-electron chi connectivity index (χ4n) is 4.98. The van der Waals surface area contributed by atoms with E-state index in [1.54, 1.807) is 6.07 Å². The van der Waals surface area contributed by atoms with Gasteiger partial charge in [-0.05, 0) is 71.9 Å². The van der Waals surface area contributed by atoms with Crippen molar-refractivity contribution in [3.63, 3.8) is 0 Å². The van der Waals surface area contributed by atoms with E-state index in [2.05, 4.69) is 0 Å². The second kappa shape index (κ2) is 10.5. The van der Waals surface area contributed by atoms with E-state index in [0.717, 1.165) is 19.3 Å². The molecule has 0 atom stereocenters. The number of fused-ring (bicyclic) bond motifs is 3. The molecular weight excluding hydrogens is 462 g/mol. The molecule has 1 aliphatic carbocycles. The molecule has 4 rings (SSSR count). The summed E-state index contributed by atoms with van der Waals surface area (Å²) in [6.07, 6.45) is 4.12. The van der Waals surface area contributed by atoms with Crippen LogP contribution in [-0.4, -0.2) is 0 Å². The maximum Gasteiger partial charge on any atom is 0.167 e. The summed E-state index contributed by atoms with van der Waals surface area (Å²) in [7, 11) is 0. The molecule has 1 aliphatic rings. The van der Waals surface area contributed by atoms with Crippen molar-refractivity contribution in [3.8, 4) is 11.1 Å². The van der Waals surface area contributed by atoms with Gasteiger partial charge < -0.3 is 0 Å². The molecule has 0 radical (unpaired) electrons. The Balaban J connectivity index is 1.60. The summed E-state index contributed by atoms with van der Waals surface area (Å²) in [6.45, 7) is 3.87. The zero-order chi connectivity index (χ0) is 25.3. The Kier molecular flexibility index (Phi) is 7.58. The molecule has 6 heteroatoms. The minimum atomic E-state index is -1.24. The van der Waals surface area contributed by atoms with Crippen molar-refractivity contribution in [3.05, 3.63) is 92.5 Å². The van der Waals surface area contributed by atoms with E-state index in [4.69, 9.17) is 0 Å². The van der Waals surface area contributed by atoms with E-state index in [-0.39, 0.29) is 47.1 Å². The molecule has 35 heavy (non-hydrogen) atoms. The van der Waals surface area contributed by atoms with E-state index in [1.807, 2.05) is 13.8 Å². The summed E-state index contributed by atoms with van der Waals surface area (Å²) in [6, 6.07) is 5.99. The molecule has 0 amide bonds. The molecule has 0 unspecified atom stereocenters. The van der Waals surface area contributed by atoms with E-state index in [0.29, 0.717) is 36.0 Å². The van der Waals surface area contributed by atoms with Gasteiger partial charge in [0.1, 0.15) is 0 Å². The van der Waals surface area contributed by atoms with Crippen molar-refractivity contribution in [1.82, 2.24) is 0 Å². The van der Waals surface area contributed by atoms with Crippen LogP contribution >= 0.6 is 0 Å². The monoisotopic (exact) mass is 490 g/mol. The molecule has 0 nitrogen and oxygen atoms in total. The van der Waals surface area contributed by atoms with E-state index >= 15 is 4.39 Å². The first-order chi connectivity index (χ1) is 16.8. The van der Waals surface area contributed by atoms with Crippen LogP contribution in [0.1, 0.15) is 72.9 Å². The highest BCUT2D eigenvalue weighted by Gasteiger charge is 2.31. The summed E-state index contributed by atoms with van der Waals surface area (Å²) in [5, 5.41) is 0. The second-order valence-electron chi connectivity index (χ2n) is 9.29. The van der Waals surface area contributed by atoms with Crippen LogP contribution in [0.3, 0.4) is 0 Å². The Hall–Kier alpha value is -2.76. The average Bonchev–Trinajstić information content (AvgIpc) is 3.21. The number of aryl methyl sites for hydroxylation is 4. The first kappa shape index (κ1) is 25.3. The summed E-state index contributed by atoms with van der Waals surface area (Å²) >= 11 is 0. The smallest absolute Gasteiger partial charge is 0.167 e. The Morgan fingerprint density at radius 1 is 0.514 bits per heavy atom. The Labute approximate surface area is 202 Å². The molecule has 0 N–H and O–H groups in total. The Morgan fingerprint density at radius 2 is 0.971 bits per heavy atom. The largest absolute Gasteiger partial charge is 0.203 e. The minimum Gasteiger partial charge on any atom is -0.203 e. The molecule has 0 aliphatic heterocycles. The number of hydrogen-bond acceptors (Lipinski definition) is 0. The number of benzene rings is 3. The van der Waals surface area contributed by atoms with Crippen molar-refractivity contribution >= 4 is 0 Å². The summed E-state index contributed by atoms with van der Waals surface area (Å²) in [5.74, 6) is -6.46. The maximum atomic E-state index is 15.1. The third-order valence-corrected chi connectivity index (χ3v) is 6.83. The molecule has 0 saturated carbocycles. The molecule has 186 valence electrons. The maximum absolute atomic E-state index is 15.1. The van der Waals surface area contributed by atoms with Crippen LogP contribution in [0.2, 0.25) is 0 Å². The Morgan fingerprint density at radius 3 is 1.49 bits per heavy atom. The van der Waals surface area contributed by atoms with E-state index in [1.165, 1.54) is 18.2 Å². The van der Waals surface area contributed by atoms with Gasteiger partial charge in [0.05, 0.1) is 0 Å². The second-order valence-corrected chi connectivity index (χ2v) is 9.29. The fourth-order valence-corrected chi connectivity index (χ4v) is 4.98. The molecule has 3 aromatic rings. The topological polar surface area (TPSA) is 0 Å². The van der Waals surface area contributed by atoms with Crippen molar-refractivity contribution in [1.29, 1.82) is 0 Å². The lowest BCUT2D eigenvalue weighted by Crippen LogP contribution is -2.05. The van der Waals surface area contributed by atoms with Crippen LogP contribution in [0, 0.1) is 34.9 Å². The van der Waals surface area contributed by atoms with Crippen LogP contribution in [-0.2, 0) is 32.1 Å². The third-order valence-electron chi connectivity index (χ3n) is 6.83. The SMILES string of the molecule is CCCCCc1ccc(CCc2cc3c(c(F)c2F)-c2c(cc(CCC)c(F)c2F)C3)c(F)c1F. The zero-order valence-electron chi connectivity index (χ0n) is 19.9. The Bertz CT molecular complexity index is 1260. The van der Waals surface area contributed by atoms with Gasteiger partial charge in [-0.2, -0.15) is 0 Å². The number of halogens is 6. The van der Waals surface area contributed by atoms with Crippen molar-refractivity contribution in [2.24, 2.45) is 0 Å². The molecular formula is C29H28F6. The van der Waals surface area contributed by atoms with Crippen molar-refractivity contribution in [2.75, 3.05) is 0 Å². The standard InChI is InChI=1S/C29H28F6/c1-3-5-6-8-16-9-10-17(25(31)24(16)30)11-12-19-14-21-15-20-13-18(7-4-2)26(32)28(34)22(20)23(21)29(35)27(19)33/h9-10,13-14H,3-8,11-12,15H2,1-2H3. The predicted octanol–water partition coefficient (Wildman–Crippen LogP) is 8.56. The minimum absolute atomic E-state index is 0.00412. The summed E-state index contributed by atoms with van der Waals surface area (Å²) in [5.41, 5.74) is 0.903. The van der Waals surface area contributed by atoms with Crippen LogP contribution < -0.4 is 0 Å². The lowest BCUT2D eigenvalue weighted by molar-refractivity contribution is 0.483. The van der Waals surface area contributed by atoms with Gasteiger partial charge in [0, 0.05) is 11.1 Å². The fraction of sp³-hybridized carbons (Fsp3) is 0.379. The van der Waals surface area contributed by atoms with Gasteiger partial charge in [0.25, 0.3) is 0 Å². The van der Waals surface area contributed by atoms with Crippen molar-refractivity contribution < 1.29 is 26.3 Å². The van der Waals surface area contributed by atoms with Crippen molar-refractivity contribution in [2.45, 2.75) is 71.6 Å². The normalized spacial score (nSPS) is 12.2. The van der Waals surface area contributed by atoms with Gasteiger partial charge in [-0.3, -0.25) is 0 Å². The number of unbranched alkanes of at least 4 members (excludes halogenated alkanes) is 2. The molecule has 0 saturated heterocycles. The average molecular weight is 491 g/mol. The van der Waals surface area contributed by atoms with E-state index in [9.17, 15) is 22.0 Å². The highest BCUT2D eigenvalue weighted by atomic mass is 19.2. The molecule has 0 spiro atoms. The molecule has 0 heterocycles. The number of hydrogen-bond donors (Lipinski definition) is 0. The molecule has 0 bridgehead atoms. The molecule has 3 aromatic carbocycles. The van der Waals surface area contributed by atoms with Gasteiger partial charge >= 0.3 is 0 Å². The van der Waals surface area contributed by atoms with Gasteiger partial charge in [-0.15, -0.1) is 0 Å². The summed E-state index contributed by atoms with van der Waals surface area (Å²) < 4.78 is 88.4. The van der Waals surface area contributed by atoms with Crippen LogP contribution in [0.25, 0.3) is 11.1 Å². The summed E-state index contributed by atoms with van der Waals surface area (Å²) in [4.78, 5) is 0. The highest BCUT2D eigenvalue weighted by Crippen LogP contribution is 2.43. The molecule has 0 fully saturated rings. The van der Waals surface area contributed by atoms with Crippen LogP contribution in [0.4, 0.5) is 26.3 Å².